The van der Waals surface area contributed by atoms with Crippen LogP contribution in [-0.4, -0.2) is 23.0 Å². The summed E-state index contributed by atoms with van der Waals surface area (Å²) in [6.45, 7) is 3.28. The van der Waals surface area contributed by atoms with Crippen molar-refractivity contribution in [1.82, 2.24) is 0 Å². The zero-order valence-electron chi connectivity index (χ0n) is 11.9. The van der Waals surface area contributed by atoms with E-state index in [0.717, 1.165) is 6.08 Å². The van der Waals surface area contributed by atoms with E-state index in [4.69, 9.17) is 14.6 Å². The zero-order chi connectivity index (χ0) is 16.8. The minimum absolute atomic E-state index is 0.0955. The molecule has 0 heterocycles. The van der Waals surface area contributed by atoms with Crippen LogP contribution < -0.4 is 9.47 Å². The highest BCUT2D eigenvalue weighted by atomic mass is 16.5. The molecule has 0 amide bonds. The predicted octanol–water partition coefficient (Wildman–Crippen LogP) is 2.70. The van der Waals surface area contributed by atoms with Crippen LogP contribution in [0.2, 0.25) is 0 Å². The third-order valence-corrected chi connectivity index (χ3v) is 2.79. The maximum atomic E-state index is 12.0. The summed E-state index contributed by atoms with van der Waals surface area (Å²) in [5.74, 6) is -1.78. The molecule has 2 aromatic rings. The molecule has 0 fully saturated rings. The fourth-order valence-corrected chi connectivity index (χ4v) is 1.65. The quantitative estimate of drug-likeness (QED) is 0.518. The first-order valence-electron chi connectivity index (χ1n) is 6.49. The van der Waals surface area contributed by atoms with E-state index >= 15 is 0 Å². The molecule has 0 aliphatic rings. The van der Waals surface area contributed by atoms with Gasteiger partial charge in [0.05, 0.1) is 11.1 Å². The van der Waals surface area contributed by atoms with Gasteiger partial charge >= 0.3 is 17.9 Å². The number of hydrogen-bond acceptors (Lipinski definition) is 5. The number of carboxylic acids is 1. The molecule has 1 N–H and O–H groups in total. The van der Waals surface area contributed by atoms with Crippen molar-refractivity contribution < 1.29 is 29.0 Å². The van der Waals surface area contributed by atoms with E-state index in [-0.39, 0.29) is 22.6 Å². The first-order chi connectivity index (χ1) is 11.0. The monoisotopic (exact) mass is 312 g/mol. The molecular weight excluding hydrogens is 300 g/mol. The molecule has 0 bridgehead atoms. The van der Waals surface area contributed by atoms with Gasteiger partial charge in [0.2, 0.25) is 0 Å². The molecule has 0 saturated carbocycles. The van der Waals surface area contributed by atoms with Crippen molar-refractivity contribution in [3.63, 3.8) is 0 Å². The number of aromatic carboxylic acids is 1. The van der Waals surface area contributed by atoms with Crippen LogP contribution in [0.15, 0.2) is 61.2 Å². The molecule has 2 aromatic carbocycles. The molecule has 0 unspecified atom stereocenters. The molecule has 6 nitrogen and oxygen atoms in total. The molecule has 0 aromatic heterocycles. The summed E-state index contributed by atoms with van der Waals surface area (Å²) < 4.78 is 10.0. The number of carboxylic acid groups (broad SMARTS) is 1. The van der Waals surface area contributed by atoms with E-state index in [9.17, 15) is 14.4 Å². The van der Waals surface area contributed by atoms with Gasteiger partial charge in [-0.3, -0.25) is 0 Å². The summed E-state index contributed by atoms with van der Waals surface area (Å²) >= 11 is 0. The average Bonchev–Trinajstić information content (AvgIpc) is 2.55. The number of carbonyl (C=O) groups is 3. The summed E-state index contributed by atoms with van der Waals surface area (Å²) in [5, 5.41) is 8.79. The Labute approximate surface area is 131 Å². The molecule has 0 saturated heterocycles. The first kappa shape index (κ1) is 16.0. The number of carbonyl (C=O) groups excluding carboxylic acids is 2. The van der Waals surface area contributed by atoms with Crippen LogP contribution in [0.4, 0.5) is 0 Å². The van der Waals surface area contributed by atoms with Crippen LogP contribution in [0.25, 0.3) is 0 Å². The Balaban J connectivity index is 2.04. The Morgan fingerprint density at radius 2 is 1.30 bits per heavy atom. The fraction of sp³-hybridized carbons (Fsp3) is 0. The molecule has 2 rings (SSSR count). The highest BCUT2D eigenvalue weighted by molar-refractivity contribution is 5.92. The molecule has 0 atom stereocenters. The van der Waals surface area contributed by atoms with Crippen LogP contribution in [-0.2, 0) is 4.79 Å². The summed E-state index contributed by atoms with van der Waals surface area (Å²) in [7, 11) is 0. The zero-order valence-corrected chi connectivity index (χ0v) is 11.9. The maximum absolute atomic E-state index is 12.0. The Kier molecular flexibility index (Phi) is 4.89. The van der Waals surface area contributed by atoms with Crippen molar-refractivity contribution in [2.24, 2.45) is 0 Å². The van der Waals surface area contributed by atoms with Gasteiger partial charge in [-0.25, -0.2) is 14.4 Å². The van der Waals surface area contributed by atoms with Crippen LogP contribution in [0.5, 0.6) is 11.5 Å². The van der Waals surface area contributed by atoms with E-state index in [2.05, 4.69) is 6.58 Å². The second-order valence-corrected chi connectivity index (χ2v) is 4.37. The standard InChI is InChI=1S/C17H12O6/c1-2-15(18)22-13-9-5-12(6-10-13)17(21)23-14-7-3-11(4-8-14)16(19)20/h2-10H,1H2,(H,19,20). The van der Waals surface area contributed by atoms with Crippen molar-refractivity contribution in [3.05, 3.63) is 72.3 Å². The van der Waals surface area contributed by atoms with Gasteiger partial charge in [0.25, 0.3) is 0 Å². The normalized spacial score (nSPS) is 9.74. The van der Waals surface area contributed by atoms with E-state index in [1.165, 1.54) is 48.5 Å². The number of rotatable bonds is 5. The van der Waals surface area contributed by atoms with Gasteiger partial charge in [0, 0.05) is 6.08 Å². The van der Waals surface area contributed by atoms with Crippen molar-refractivity contribution in [2.75, 3.05) is 0 Å². The lowest BCUT2D eigenvalue weighted by Crippen LogP contribution is -2.09. The number of benzene rings is 2. The molecule has 0 radical (unpaired) electrons. The minimum atomic E-state index is -1.06. The lowest BCUT2D eigenvalue weighted by Gasteiger charge is -2.06. The third kappa shape index (κ3) is 4.28. The molecular formula is C17H12O6. The lowest BCUT2D eigenvalue weighted by molar-refractivity contribution is -0.128. The second kappa shape index (κ2) is 7.04. The topological polar surface area (TPSA) is 89.9 Å². The van der Waals surface area contributed by atoms with Crippen LogP contribution in [0, 0.1) is 0 Å². The smallest absolute Gasteiger partial charge is 0.343 e. The van der Waals surface area contributed by atoms with Crippen molar-refractivity contribution in [2.45, 2.75) is 0 Å². The Morgan fingerprint density at radius 3 is 1.78 bits per heavy atom. The van der Waals surface area contributed by atoms with Gasteiger partial charge in [-0.15, -0.1) is 0 Å². The molecule has 116 valence electrons. The predicted molar refractivity (Wildman–Crippen MR) is 80.6 cm³/mol. The van der Waals surface area contributed by atoms with Gasteiger partial charge in [0.1, 0.15) is 11.5 Å². The molecule has 0 aliphatic carbocycles. The van der Waals surface area contributed by atoms with E-state index in [0.29, 0.717) is 0 Å². The Hall–Kier alpha value is -3.41. The third-order valence-electron chi connectivity index (χ3n) is 2.79. The van der Waals surface area contributed by atoms with Gasteiger partial charge in [-0.1, -0.05) is 6.58 Å². The van der Waals surface area contributed by atoms with Crippen LogP contribution in [0.1, 0.15) is 20.7 Å². The minimum Gasteiger partial charge on any atom is -0.478 e. The van der Waals surface area contributed by atoms with E-state index in [1.54, 1.807) is 0 Å². The highest BCUT2D eigenvalue weighted by Gasteiger charge is 2.10. The average molecular weight is 312 g/mol. The van der Waals surface area contributed by atoms with Gasteiger partial charge in [-0.05, 0) is 48.5 Å². The molecule has 0 spiro atoms. The van der Waals surface area contributed by atoms with Crippen molar-refractivity contribution >= 4 is 17.9 Å². The fourth-order valence-electron chi connectivity index (χ4n) is 1.65. The van der Waals surface area contributed by atoms with Crippen molar-refractivity contribution in [3.8, 4) is 11.5 Å². The van der Waals surface area contributed by atoms with Crippen LogP contribution >= 0.6 is 0 Å². The second-order valence-electron chi connectivity index (χ2n) is 4.37. The van der Waals surface area contributed by atoms with Crippen molar-refractivity contribution in [1.29, 1.82) is 0 Å². The van der Waals surface area contributed by atoms with E-state index < -0.39 is 17.9 Å². The summed E-state index contributed by atoms with van der Waals surface area (Å²) in [6.07, 6.45) is 1.03. The highest BCUT2D eigenvalue weighted by Crippen LogP contribution is 2.17. The number of ether oxygens (including phenoxy) is 2. The van der Waals surface area contributed by atoms with Gasteiger partial charge in [-0.2, -0.15) is 0 Å². The molecule has 23 heavy (non-hydrogen) atoms. The maximum Gasteiger partial charge on any atom is 0.343 e. The summed E-state index contributed by atoms with van der Waals surface area (Å²) in [6, 6.07) is 11.2. The summed E-state index contributed by atoms with van der Waals surface area (Å²) in [4.78, 5) is 33.7. The van der Waals surface area contributed by atoms with Crippen LogP contribution in [0.3, 0.4) is 0 Å². The number of esters is 2. The largest absolute Gasteiger partial charge is 0.478 e. The number of hydrogen-bond donors (Lipinski definition) is 1. The summed E-state index contributed by atoms with van der Waals surface area (Å²) in [5.41, 5.74) is 0.351. The van der Waals surface area contributed by atoms with E-state index in [1.807, 2.05) is 0 Å². The Morgan fingerprint density at radius 1 is 0.826 bits per heavy atom. The Bertz CT molecular complexity index is 744. The first-order valence-corrected chi connectivity index (χ1v) is 6.49. The molecule has 6 heteroatoms. The van der Waals surface area contributed by atoms with Gasteiger partial charge < -0.3 is 14.6 Å². The molecule has 0 aliphatic heterocycles. The van der Waals surface area contributed by atoms with Gasteiger partial charge in [0.15, 0.2) is 0 Å². The SMILES string of the molecule is C=CC(=O)Oc1ccc(C(=O)Oc2ccc(C(=O)O)cc2)cc1. The lowest BCUT2D eigenvalue weighted by atomic mass is 10.2.